The molecule has 0 unspecified atom stereocenters. The molecule has 0 N–H and O–H groups in total. The molecule has 0 spiro atoms. The summed E-state index contributed by atoms with van der Waals surface area (Å²) in [5, 5.41) is 0. The zero-order chi connectivity index (χ0) is 20.2. The summed E-state index contributed by atoms with van der Waals surface area (Å²) in [6.45, 7) is 7.77. The number of piperazine rings is 1. The fraction of sp³-hybridized carbons (Fsp3) is 0.550. The van der Waals surface area contributed by atoms with Gasteiger partial charge in [-0.15, -0.1) is 0 Å². The van der Waals surface area contributed by atoms with Gasteiger partial charge in [-0.2, -0.15) is 0 Å². The Morgan fingerprint density at radius 2 is 1.83 bits per heavy atom. The molecule has 0 bridgehead atoms. The van der Waals surface area contributed by atoms with Gasteiger partial charge >= 0.3 is 6.09 Å². The SMILES string of the molecule is CCOC(=O)N1CCN(Cc2c(C(=O)N3CCOCC3)nc3ccccn23)CC1. The van der Waals surface area contributed by atoms with E-state index in [2.05, 4.69) is 9.88 Å². The van der Waals surface area contributed by atoms with Gasteiger partial charge in [0.05, 0.1) is 25.5 Å². The van der Waals surface area contributed by atoms with Crippen molar-refractivity contribution < 1.29 is 19.1 Å². The Balaban J connectivity index is 1.52. The molecule has 4 heterocycles. The quantitative estimate of drug-likeness (QED) is 0.763. The summed E-state index contributed by atoms with van der Waals surface area (Å²) in [4.78, 5) is 35.5. The van der Waals surface area contributed by atoms with Crippen molar-refractivity contribution in [1.29, 1.82) is 0 Å². The molecule has 0 saturated carbocycles. The van der Waals surface area contributed by atoms with Crippen LogP contribution in [0, 0.1) is 0 Å². The Labute approximate surface area is 169 Å². The first-order chi connectivity index (χ1) is 14.2. The van der Waals surface area contributed by atoms with Gasteiger partial charge in [-0.25, -0.2) is 9.78 Å². The maximum absolute atomic E-state index is 13.2. The standard InChI is InChI=1S/C20H27N5O4/c1-2-29-20(27)24-9-7-22(8-10-24)15-16-18(19(26)23-11-13-28-14-12-23)21-17-5-3-4-6-25(16)17/h3-6H,2,7-15H2,1H3. The maximum Gasteiger partial charge on any atom is 0.409 e. The molecule has 0 radical (unpaired) electrons. The highest BCUT2D eigenvalue weighted by Crippen LogP contribution is 2.19. The van der Waals surface area contributed by atoms with Crippen molar-refractivity contribution in [2.45, 2.75) is 13.5 Å². The molecule has 0 aliphatic carbocycles. The van der Waals surface area contributed by atoms with Gasteiger partial charge in [-0.3, -0.25) is 9.69 Å². The van der Waals surface area contributed by atoms with Crippen LogP contribution < -0.4 is 0 Å². The number of amides is 2. The summed E-state index contributed by atoms with van der Waals surface area (Å²) in [7, 11) is 0. The van der Waals surface area contributed by atoms with Crippen molar-refractivity contribution in [3.05, 3.63) is 35.8 Å². The van der Waals surface area contributed by atoms with Gasteiger partial charge in [0.2, 0.25) is 0 Å². The zero-order valence-corrected chi connectivity index (χ0v) is 16.7. The van der Waals surface area contributed by atoms with E-state index in [-0.39, 0.29) is 12.0 Å². The van der Waals surface area contributed by atoms with Crippen LogP contribution in [-0.2, 0) is 16.0 Å². The van der Waals surface area contributed by atoms with Crippen molar-refractivity contribution in [2.24, 2.45) is 0 Å². The van der Waals surface area contributed by atoms with E-state index in [0.29, 0.717) is 58.2 Å². The van der Waals surface area contributed by atoms with Crippen LogP contribution in [0.5, 0.6) is 0 Å². The van der Waals surface area contributed by atoms with Crippen LogP contribution in [-0.4, -0.2) is 95.2 Å². The van der Waals surface area contributed by atoms with Gasteiger partial charge in [0.15, 0.2) is 5.69 Å². The second-order valence-electron chi connectivity index (χ2n) is 7.20. The Hall–Kier alpha value is -2.65. The molecular formula is C20H27N5O4. The molecule has 2 fully saturated rings. The first-order valence-electron chi connectivity index (χ1n) is 10.1. The van der Waals surface area contributed by atoms with E-state index in [1.165, 1.54) is 0 Å². The van der Waals surface area contributed by atoms with Crippen LogP contribution in [0.1, 0.15) is 23.1 Å². The van der Waals surface area contributed by atoms with E-state index in [9.17, 15) is 9.59 Å². The summed E-state index contributed by atoms with van der Waals surface area (Å²) in [6, 6.07) is 5.78. The lowest BCUT2D eigenvalue weighted by Gasteiger charge is -2.34. The number of morpholine rings is 1. The van der Waals surface area contributed by atoms with Crippen molar-refractivity contribution in [1.82, 2.24) is 24.1 Å². The summed E-state index contributed by atoms with van der Waals surface area (Å²) < 4.78 is 12.5. The number of imidazole rings is 1. The van der Waals surface area contributed by atoms with Crippen LogP contribution in [0.2, 0.25) is 0 Å². The van der Waals surface area contributed by atoms with Crippen LogP contribution >= 0.6 is 0 Å². The van der Waals surface area contributed by atoms with Gasteiger partial charge in [0.1, 0.15) is 5.65 Å². The number of pyridine rings is 1. The van der Waals surface area contributed by atoms with Gasteiger partial charge in [0.25, 0.3) is 5.91 Å². The molecule has 9 heteroatoms. The number of carbonyl (C=O) groups excluding carboxylic acids is 2. The monoisotopic (exact) mass is 401 g/mol. The van der Waals surface area contributed by atoms with Gasteiger partial charge in [-0.05, 0) is 19.1 Å². The Kier molecular flexibility index (Phi) is 5.96. The normalized spacial score (nSPS) is 18.2. The molecule has 4 rings (SSSR count). The largest absolute Gasteiger partial charge is 0.450 e. The molecule has 2 saturated heterocycles. The number of carbonyl (C=O) groups is 2. The molecule has 2 aromatic rings. The average molecular weight is 401 g/mol. The van der Waals surface area contributed by atoms with Crippen molar-refractivity contribution >= 4 is 17.6 Å². The molecule has 0 atom stereocenters. The summed E-state index contributed by atoms with van der Waals surface area (Å²) in [5.74, 6) is -0.0443. The van der Waals surface area contributed by atoms with E-state index in [1.807, 2.05) is 40.6 Å². The van der Waals surface area contributed by atoms with E-state index < -0.39 is 0 Å². The lowest BCUT2D eigenvalue weighted by molar-refractivity contribution is 0.0297. The molecule has 156 valence electrons. The Bertz CT molecular complexity index is 869. The molecule has 0 aromatic carbocycles. The minimum absolute atomic E-state index is 0.0443. The van der Waals surface area contributed by atoms with E-state index in [1.54, 1.807) is 4.90 Å². The molecule has 2 aliphatic rings. The molecule has 2 amide bonds. The average Bonchev–Trinajstić information content (AvgIpc) is 3.13. The molecule has 29 heavy (non-hydrogen) atoms. The van der Waals surface area contributed by atoms with Crippen molar-refractivity contribution in [2.75, 3.05) is 59.1 Å². The predicted molar refractivity (Wildman–Crippen MR) is 106 cm³/mol. The summed E-state index contributed by atoms with van der Waals surface area (Å²) in [6.07, 6.45) is 1.69. The number of aromatic nitrogens is 2. The van der Waals surface area contributed by atoms with Crippen LogP contribution in [0.15, 0.2) is 24.4 Å². The highest BCUT2D eigenvalue weighted by atomic mass is 16.6. The minimum Gasteiger partial charge on any atom is -0.450 e. The van der Waals surface area contributed by atoms with Crippen LogP contribution in [0.4, 0.5) is 4.79 Å². The molecule has 2 aromatic heterocycles. The highest BCUT2D eigenvalue weighted by molar-refractivity contribution is 5.94. The van der Waals surface area contributed by atoms with Gasteiger partial charge < -0.3 is 23.7 Å². The van der Waals surface area contributed by atoms with Gasteiger partial charge in [0, 0.05) is 52.0 Å². The van der Waals surface area contributed by atoms with E-state index in [4.69, 9.17) is 9.47 Å². The zero-order valence-electron chi connectivity index (χ0n) is 16.7. The highest BCUT2D eigenvalue weighted by Gasteiger charge is 2.28. The molecular weight excluding hydrogens is 374 g/mol. The lowest BCUT2D eigenvalue weighted by atomic mass is 10.2. The second kappa shape index (κ2) is 8.79. The van der Waals surface area contributed by atoms with E-state index >= 15 is 0 Å². The number of ether oxygens (including phenoxy) is 2. The third-order valence-electron chi connectivity index (χ3n) is 5.40. The number of hydrogen-bond acceptors (Lipinski definition) is 6. The number of fused-ring (bicyclic) bond motifs is 1. The number of nitrogens with zero attached hydrogens (tertiary/aromatic N) is 5. The Morgan fingerprint density at radius 1 is 1.07 bits per heavy atom. The fourth-order valence-corrected chi connectivity index (χ4v) is 3.80. The lowest BCUT2D eigenvalue weighted by Crippen LogP contribution is -2.48. The fourth-order valence-electron chi connectivity index (χ4n) is 3.80. The predicted octanol–water partition coefficient (Wildman–Crippen LogP) is 1.08. The van der Waals surface area contributed by atoms with Crippen molar-refractivity contribution in [3.63, 3.8) is 0 Å². The topological polar surface area (TPSA) is 79.6 Å². The first-order valence-corrected chi connectivity index (χ1v) is 10.1. The minimum atomic E-state index is -0.259. The van der Waals surface area contributed by atoms with Crippen LogP contribution in [0.3, 0.4) is 0 Å². The summed E-state index contributed by atoms with van der Waals surface area (Å²) in [5.41, 5.74) is 2.16. The molecule has 9 nitrogen and oxygen atoms in total. The second-order valence-corrected chi connectivity index (χ2v) is 7.20. The van der Waals surface area contributed by atoms with Crippen LogP contribution in [0.25, 0.3) is 5.65 Å². The molecule has 2 aliphatic heterocycles. The first kappa shape index (κ1) is 19.7. The third-order valence-corrected chi connectivity index (χ3v) is 5.40. The third kappa shape index (κ3) is 4.20. The summed E-state index contributed by atoms with van der Waals surface area (Å²) >= 11 is 0. The number of hydrogen-bond donors (Lipinski definition) is 0. The van der Waals surface area contributed by atoms with Gasteiger partial charge in [-0.1, -0.05) is 6.07 Å². The smallest absolute Gasteiger partial charge is 0.409 e. The Morgan fingerprint density at radius 3 is 2.55 bits per heavy atom. The van der Waals surface area contributed by atoms with Crippen molar-refractivity contribution in [3.8, 4) is 0 Å². The number of rotatable bonds is 4. The van der Waals surface area contributed by atoms with E-state index in [0.717, 1.165) is 24.4 Å². The maximum atomic E-state index is 13.2.